The van der Waals surface area contributed by atoms with Gasteiger partial charge >= 0.3 is 0 Å². The zero-order valence-electron chi connectivity index (χ0n) is 9.77. The first-order valence-electron chi connectivity index (χ1n) is 5.27. The van der Waals surface area contributed by atoms with E-state index in [0.717, 1.165) is 6.54 Å². The van der Waals surface area contributed by atoms with Crippen LogP contribution in [0.5, 0.6) is 0 Å². The lowest BCUT2D eigenvalue weighted by molar-refractivity contribution is 0.555. The summed E-state index contributed by atoms with van der Waals surface area (Å²) in [6.07, 6.45) is 1.57. The predicted molar refractivity (Wildman–Crippen MR) is 62.1 cm³/mol. The van der Waals surface area contributed by atoms with Gasteiger partial charge in [0.05, 0.1) is 18.0 Å². The van der Waals surface area contributed by atoms with Crippen LogP contribution < -0.4 is 10.9 Å². The molecule has 16 heavy (non-hydrogen) atoms. The van der Waals surface area contributed by atoms with Gasteiger partial charge in [-0.15, -0.1) is 0 Å². The minimum atomic E-state index is -0.536. The molecule has 0 amide bonds. The third kappa shape index (κ3) is 3.09. The summed E-state index contributed by atoms with van der Waals surface area (Å²) in [5, 5.41) is 15.7. The fourth-order valence-electron chi connectivity index (χ4n) is 1.18. The summed E-state index contributed by atoms with van der Waals surface area (Å²) in [5.74, 6) is 0.500. The molecule has 1 N–H and O–H groups in total. The molecule has 0 aliphatic carbocycles. The molecule has 0 radical (unpaired) electrons. The van der Waals surface area contributed by atoms with E-state index >= 15 is 0 Å². The van der Waals surface area contributed by atoms with Crippen LogP contribution in [0.1, 0.15) is 26.8 Å². The van der Waals surface area contributed by atoms with Gasteiger partial charge < -0.3 is 5.32 Å². The van der Waals surface area contributed by atoms with E-state index in [1.807, 2.05) is 6.07 Å². The summed E-state index contributed by atoms with van der Waals surface area (Å²) in [6, 6.07) is 2.90. The van der Waals surface area contributed by atoms with Crippen LogP contribution in [0.25, 0.3) is 0 Å². The zero-order chi connectivity index (χ0) is 12.1. The molecule has 86 valence electrons. The van der Waals surface area contributed by atoms with Gasteiger partial charge in [0.15, 0.2) is 0 Å². The van der Waals surface area contributed by atoms with Crippen LogP contribution in [0.2, 0.25) is 0 Å². The maximum atomic E-state index is 11.6. The van der Waals surface area contributed by atoms with E-state index in [4.69, 9.17) is 5.26 Å². The highest BCUT2D eigenvalue weighted by Crippen LogP contribution is 2.04. The smallest absolute Gasteiger partial charge is 0.270 e. The molecule has 5 nitrogen and oxygen atoms in total. The zero-order valence-corrected chi connectivity index (χ0v) is 9.77. The van der Waals surface area contributed by atoms with Gasteiger partial charge in [0.2, 0.25) is 0 Å². The Morgan fingerprint density at radius 1 is 1.56 bits per heavy atom. The van der Waals surface area contributed by atoms with E-state index < -0.39 is 6.04 Å². The lowest BCUT2D eigenvalue weighted by Crippen LogP contribution is -2.25. The SMILES string of the molecule is CC(C)CNc1cnn(C(C)C#N)c(=O)c1. The van der Waals surface area contributed by atoms with Gasteiger partial charge in [-0.25, -0.2) is 4.68 Å². The van der Waals surface area contributed by atoms with E-state index in [9.17, 15) is 4.79 Å². The third-order valence-corrected chi connectivity index (χ3v) is 2.09. The Morgan fingerprint density at radius 2 is 2.25 bits per heavy atom. The Morgan fingerprint density at radius 3 is 2.75 bits per heavy atom. The first-order chi connectivity index (χ1) is 7.54. The molecule has 0 bridgehead atoms. The first kappa shape index (κ1) is 12.2. The Balaban J connectivity index is 2.84. The van der Waals surface area contributed by atoms with Crippen LogP contribution in [-0.4, -0.2) is 16.3 Å². The van der Waals surface area contributed by atoms with Crippen molar-refractivity contribution >= 4 is 5.69 Å². The number of nitrogens with one attached hydrogen (secondary N) is 1. The Kier molecular flexibility index (Phi) is 4.06. The number of hydrogen-bond acceptors (Lipinski definition) is 4. The maximum Gasteiger partial charge on any atom is 0.270 e. The van der Waals surface area contributed by atoms with Gasteiger partial charge in [-0.2, -0.15) is 10.4 Å². The molecule has 0 spiro atoms. The van der Waals surface area contributed by atoms with E-state index in [1.165, 1.54) is 10.7 Å². The molecule has 1 aromatic rings. The van der Waals surface area contributed by atoms with Crippen molar-refractivity contribution in [2.24, 2.45) is 5.92 Å². The molecular formula is C11H16N4O. The van der Waals surface area contributed by atoms with Gasteiger partial charge in [-0.05, 0) is 12.8 Å². The molecule has 1 aromatic heterocycles. The first-order valence-corrected chi connectivity index (χ1v) is 5.27. The molecule has 1 rings (SSSR count). The second kappa shape index (κ2) is 5.31. The van der Waals surface area contributed by atoms with Crippen LogP contribution in [0.15, 0.2) is 17.1 Å². The molecule has 0 aliphatic heterocycles. The molecule has 0 fully saturated rings. The lowest BCUT2D eigenvalue weighted by atomic mass is 10.2. The van der Waals surface area contributed by atoms with Crippen molar-refractivity contribution in [1.29, 1.82) is 5.26 Å². The summed E-state index contributed by atoms with van der Waals surface area (Å²) >= 11 is 0. The summed E-state index contributed by atoms with van der Waals surface area (Å²) < 4.78 is 1.17. The molecule has 5 heteroatoms. The lowest BCUT2D eigenvalue weighted by Gasteiger charge is -2.10. The number of aromatic nitrogens is 2. The molecular weight excluding hydrogens is 204 g/mol. The molecule has 1 atom stereocenters. The Bertz CT molecular complexity index is 444. The quantitative estimate of drug-likeness (QED) is 0.832. The maximum absolute atomic E-state index is 11.6. The van der Waals surface area contributed by atoms with E-state index in [-0.39, 0.29) is 5.56 Å². The topological polar surface area (TPSA) is 70.7 Å². The summed E-state index contributed by atoms with van der Waals surface area (Å²) in [4.78, 5) is 11.6. The minimum Gasteiger partial charge on any atom is -0.383 e. The average Bonchev–Trinajstić information content (AvgIpc) is 2.25. The van der Waals surface area contributed by atoms with Crippen LogP contribution in [0.4, 0.5) is 5.69 Å². The van der Waals surface area contributed by atoms with Crippen LogP contribution >= 0.6 is 0 Å². The van der Waals surface area contributed by atoms with Crippen molar-refractivity contribution in [3.8, 4) is 6.07 Å². The molecule has 0 aromatic carbocycles. The van der Waals surface area contributed by atoms with E-state index in [1.54, 1.807) is 13.1 Å². The summed E-state index contributed by atoms with van der Waals surface area (Å²) in [6.45, 7) is 6.59. The molecule has 0 saturated heterocycles. The van der Waals surface area contributed by atoms with Crippen molar-refractivity contribution in [3.05, 3.63) is 22.6 Å². The summed E-state index contributed by atoms with van der Waals surface area (Å²) in [7, 11) is 0. The van der Waals surface area contributed by atoms with E-state index in [0.29, 0.717) is 11.6 Å². The largest absolute Gasteiger partial charge is 0.383 e. The van der Waals surface area contributed by atoms with Crippen molar-refractivity contribution in [1.82, 2.24) is 9.78 Å². The van der Waals surface area contributed by atoms with Gasteiger partial charge in [-0.1, -0.05) is 13.8 Å². The second-order valence-corrected chi connectivity index (χ2v) is 4.11. The normalized spacial score (nSPS) is 12.2. The average molecular weight is 220 g/mol. The molecule has 1 unspecified atom stereocenters. The standard InChI is InChI=1S/C11H16N4O/c1-8(2)6-13-10-4-11(16)15(14-7-10)9(3)5-12/h4,7-9,13H,6H2,1-3H3. The van der Waals surface area contributed by atoms with Gasteiger partial charge in [0.25, 0.3) is 5.56 Å². The van der Waals surface area contributed by atoms with Crippen molar-refractivity contribution in [2.45, 2.75) is 26.8 Å². The van der Waals surface area contributed by atoms with Crippen molar-refractivity contribution in [3.63, 3.8) is 0 Å². The van der Waals surface area contributed by atoms with Gasteiger partial charge in [-0.3, -0.25) is 4.79 Å². The predicted octanol–water partition coefficient (Wildman–Crippen LogP) is 1.40. The second-order valence-electron chi connectivity index (χ2n) is 4.11. The van der Waals surface area contributed by atoms with Crippen LogP contribution in [0.3, 0.4) is 0 Å². The summed E-state index contributed by atoms with van der Waals surface area (Å²) in [5.41, 5.74) is 0.433. The highest BCUT2D eigenvalue weighted by molar-refractivity contribution is 5.38. The highest BCUT2D eigenvalue weighted by Gasteiger charge is 2.06. The van der Waals surface area contributed by atoms with Crippen LogP contribution in [0, 0.1) is 17.2 Å². The van der Waals surface area contributed by atoms with Crippen LogP contribution in [-0.2, 0) is 0 Å². The minimum absolute atomic E-state index is 0.261. The van der Waals surface area contributed by atoms with Crippen molar-refractivity contribution < 1.29 is 0 Å². The fourth-order valence-corrected chi connectivity index (χ4v) is 1.18. The highest BCUT2D eigenvalue weighted by atomic mass is 16.1. The van der Waals surface area contributed by atoms with Gasteiger partial charge in [0.1, 0.15) is 6.04 Å². The third-order valence-electron chi connectivity index (χ3n) is 2.09. The monoisotopic (exact) mass is 220 g/mol. The number of nitrogens with zero attached hydrogens (tertiary/aromatic N) is 3. The number of rotatable bonds is 4. The number of anilines is 1. The molecule has 0 aliphatic rings. The number of hydrogen-bond donors (Lipinski definition) is 1. The van der Waals surface area contributed by atoms with E-state index in [2.05, 4.69) is 24.3 Å². The molecule has 1 heterocycles. The van der Waals surface area contributed by atoms with Crippen molar-refractivity contribution in [2.75, 3.05) is 11.9 Å². The van der Waals surface area contributed by atoms with Gasteiger partial charge in [0, 0.05) is 12.6 Å². The number of nitriles is 1. The Hall–Kier alpha value is -1.83. The fraction of sp³-hybridized carbons (Fsp3) is 0.545. The Labute approximate surface area is 94.7 Å². The molecule has 0 saturated carbocycles.